The molecular formula is C8H9N3O2. The second kappa shape index (κ2) is 3.01. The zero-order valence-electron chi connectivity index (χ0n) is 7.01. The Bertz CT molecular complexity index is 315. The lowest BCUT2D eigenvalue weighted by Gasteiger charge is -2.23. The summed E-state index contributed by atoms with van der Waals surface area (Å²) in [6, 6.07) is 1.68. The summed E-state index contributed by atoms with van der Waals surface area (Å²) in [5, 5.41) is 4.93. The van der Waals surface area contributed by atoms with Crippen LogP contribution in [0.1, 0.15) is 19.3 Å². The number of imide groups is 1. The summed E-state index contributed by atoms with van der Waals surface area (Å²) >= 11 is 0. The Morgan fingerprint density at radius 1 is 1.23 bits per heavy atom. The van der Waals surface area contributed by atoms with Gasteiger partial charge in [0.2, 0.25) is 11.8 Å². The van der Waals surface area contributed by atoms with Crippen molar-refractivity contribution >= 4 is 11.8 Å². The standard InChI is InChI=1S/C8H9N3O2/c12-7-3-1-4-8(13)11(7)10-6-2-5-9-10/h2,5-6H,1,3-4H2. The Kier molecular flexibility index (Phi) is 1.84. The number of hydrogen-bond donors (Lipinski definition) is 0. The number of nitrogens with zero attached hydrogens (tertiary/aromatic N) is 3. The molecule has 5 heteroatoms. The van der Waals surface area contributed by atoms with Gasteiger partial charge in [-0.1, -0.05) is 0 Å². The highest BCUT2D eigenvalue weighted by atomic mass is 16.2. The van der Waals surface area contributed by atoms with E-state index in [1.54, 1.807) is 12.3 Å². The fourth-order valence-corrected chi connectivity index (χ4v) is 1.35. The van der Waals surface area contributed by atoms with Crippen LogP contribution in [-0.2, 0) is 9.59 Å². The normalized spacial score (nSPS) is 18.0. The van der Waals surface area contributed by atoms with E-state index in [9.17, 15) is 9.59 Å². The Balaban J connectivity index is 2.29. The minimum absolute atomic E-state index is 0.181. The molecule has 2 heterocycles. The van der Waals surface area contributed by atoms with Crippen molar-refractivity contribution in [1.82, 2.24) is 9.89 Å². The molecule has 0 aliphatic carbocycles. The van der Waals surface area contributed by atoms with Gasteiger partial charge in [0.15, 0.2) is 0 Å². The molecule has 1 aromatic rings. The molecule has 1 aromatic heterocycles. The molecule has 0 radical (unpaired) electrons. The van der Waals surface area contributed by atoms with E-state index in [-0.39, 0.29) is 11.8 Å². The number of carbonyl (C=O) groups is 2. The van der Waals surface area contributed by atoms with E-state index in [1.165, 1.54) is 11.0 Å². The lowest BCUT2D eigenvalue weighted by atomic mass is 10.1. The van der Waals surface area contributed by atoms with Crippen LogP contribution in [-0.4, -0.2) is 21.7 Å². The zero-order chi connectivity index (χ0) is 9.26. The number of aromatic nitrogens is 2. The summed E-state index contributed by atoms with van der Waals surface area (Å²) in [5.41, 5.74) is 0. The Morgan fingerprint density at radius 3 is 2.46 bits per heavy atom. The molecule has 0 atom stereocenters. The van der Waals surface area contributed by atoms with E-state index in [1.807, 2.05) is 0 Å². The Hall–Kier alpha value is -1.65. The molecule has 5 nitrogen and oxygen atoms in total. The van der Waals surface area contributed by atoms with Gasteiger partial charge >= 0.3 is 0 Å². The molecule has 1 fully saturated rings. The van der Waals surface area contributed by atoms with Crippen molar-refractivity contribution in [2.75, 3.05) is 5.01 Å². The van der Waals surface area contributed by atoms with Crippen molar-refractivity contribution in [3.05, 3.63) is 18.5 Å². The molecule has 0 aromatic carbocycles. The van der Waals surface area contributed by atoms with E-state index < -0.39 is 0 Å². The predicted molar refractivity (Wildman–Crippen MR) is 44.3 cm³/mol. The van der Waals surface area contributed by atoms with Crippen molar-refractivity contribution in [1.29, 1.82) is 0 Å². The van der Waals surface area contributed by atoms with Crippen molar-refractivity contribution in [2.45, 2.75) is 19.3 Å². The van der Waals surface area contributed by atoms with Crippen LogP contribution in [0.5, 0.6) is 0 Å². The van der Waals surface area contributed by atoms with Crippen LogP contribution in [0, 0.1) is 0 Å². The molecular weight excluding hydrogens is 170 g/mol. The third kappa shape index (κ3) is 1.32. The van der Waals surface area contributed by atoms with E-state index in [2.05, 4.69) is 5.10 Å². The smallest absolute Gasteiger partial charge is 0.249 e. The third-order valence-corrected chi connectivity index (χ3v) is 1.95. The van der Waals surface area contributed by atoms with Gasteiger partial charge in [-0.2, -0.15) is 14.9 Å². The topological polar surface area (TPSA) is 55.2 Å². The number of hydrogen-bond acceptors (Lipinski definition) is 3. The largest absolute Gasteiger partial charge is 0.272 e. The van der Waals surface area contributed by atoms with E-state index >= 15 is 0 Å². The van der Waals surface area contributed by atoms with Crippen LogP contribution in [0.2, 0.25) is 0 Å². The number of amides is 2. The van der Waals surface area contributed by atoms with Crippen molar-refractivity contribution < 1.29 is 9.59 Å². The molecule has 0 saturated carbocycles. The first-order valence-electron chi connectivity index (χ1n) is 4.15. The van der Waals surface area contributed by atoms with Gasteiger partial charge in [0, 0.05) is 19.0 Å². The predicted octanol–water partition coefficient (Wildman–Crippen LogP) is 0.0582. The zero-order valence-corrected chi connectivity index (χ0v) is 7.01. The number of piperidine rings is 1. The molecule has 1 aliphatic rings. The van der Waals surface area contributed by atoms with Gasteiger partial charge in [-0.3, -0.25) is 9.59 Å². The van der Waals surface area contributed by atoms with Crippen LogP contribution in [0.3, 0.4) is 0 Å². The maximum Gasteiger partial charge on any atom is 0.249 e. The lowest BCUT2D eigenvalue weighted by Crippen LogP contribution is -2.48. The first-order chi connectivity index (χ1) is 6.29. The van der Waals surface area contributed by atoms with Gasteiger partial charge in [0.05, 0.1) is 6.20 Å². The highest BCUT2D eigenvalue weighted by Crippen LogP contribution is 2.10. The molecule has 0 bridgehead atoms. The summed E-state index contributed by atoms with van der Waals surface area (Å²) in [4.78, 5) is 24.0. The Morgan fingerprint density at radius 2 is 1.92 bits per heavy atom. The van der Waals surface area contributed by atoms with Crippen molar-refractivity contribution in [3.63, 3.8) is 0 Å². The number of carbonyl (C=O) groups excluding carboxylic acids is 2. The van der Waals surface area contributed by atoms with E-state index in [0.717, 1.165) is 5.01 Å². The highest BCUT2D eigenvalue weighted by molar-refractivity contribution is 6.09. The second-order valence-electron chi connectivity index (χ2n) is 2.88. The molecule has 13 heavy (non-hydrogen) atoms. The maximum atomic E-state index is 11.3. The minimum atomic E-state index is -0.181. The fraction of sp³-hybridized carbons (Fsp3) is 0.375. The van der Waals surface area contributed by atoms with Crippen LogP contribution in [0.4, 0.5) is 0 Å². The summed E-state index contributed by atoms with van der Waals surface area (Å²) in [5.74, 6) is -0.361. The van der Waals surface area contributed by atoms with Crippen molar-refractivity contribution in [2.24, 2.45) is 0 Å². The van der Waals surface area contributed by atoms with Crippen LogP contribution in [0.25, 0.3) is 0 Å². The average Bonchev–Trinajstić information content (AvgIpc) is 2.57. The van der Waals surface area contributed by atoms with Crippen LogP contribution >= 0.6 is 0 Å². The van der Waals surface area contributed by atoms with Crippen molar-refractivity contribution in [3.8, 4) is 0 Å². The molecule has 0 unspecified atom stereocenters. The SMILES string of the molecule is O=C1CCCC(=O)N1n1cccn1. The second-order valence-corrected chi connectivity index (χ2v) is 2.88. The van der Waals surface area contributed by atoms with Gasteiger partial charge in [-0.25, -0.2) is 0 Å². The van der Waals surface area contributed by atoms with Gasteiger partial charge in [-0.15, -0.1) is 0 Å². The maximum absolute atomic E-state index is 11.3. The fourth-order valence-electron chi connectivity index (χ4n) is 1.35. The molecule has 1 aliphatic heterocycles. The quantitative estimate of drug-likeness (QED) is 0.573. The Labute approximate surface area is 74.9 Å². The van der Waals surface area contributed by atoms with E-state index in [0.29, 0.717) is 19.3 Å². The lowest BCUT2D eigenvalue weighted by molar-refractivity contribution is -0.131. The summed E-state index contributed by atoms with van der Waals surface area (Å²) in [6.45, 7) is 0. The van der Waals surface area contributed by atoms with Gasteiger partial charge in [0.1, 0.15) is 0 Å². The first-order valence-corrected chi connectivity index (χ1v) is 4.15. The average molecular weight is 179 g/mol. The molecule has 0 N–H and O–H groups in total. The highest BCUT2D eigenvalue weighted by Gasteiger charge is 2.27. The summed E-state index contributed by atoms with van der Waals surface area (Å²) < 4.78 is 0. The molecule has 0 spiro atoms. The van der Waals surface area contributed by atoms with Crippen LogP contribution in [0.15, 0.2) is 18.5 Å². The summed E-state index contributed by atoms with van der Waals surface area (Å²) in [6.07, 6.45) is 4.61. The third-order valence-electron chi connectivity index (χ3n) is 1.95. The monoisotopic (exact) mass is 179 g/mol. The van der Waals surface area contributed by atoms with Crippen LogP contribution < -0.4 is 5.01 Å². The van der Waals surface area contributed by atoms with E-state index in [4.69, 9.17) is 0 Å². The molecule has 2 rings (SSSR count). The first kappa shape index (κ1) is 7.97. The minimum Gasteiger partial charge on any atom is -0.272 e. The molecule has 68 valence electrons. The molecule has 2 amide bonds. The van der Waals surface area contributed by atoms with Gasteiger partial charge < -0.3 is 0 Å². The molecule has 1 saturated heterocycles. The van der Waals surface area contributed by atoms with Gasteiger partial charge in [0.25, 0.3) is 0 Å². The number of rotatable bonds is 1. The summed E-state index contributed by atoms with van der Waals surface area (Å²) in [7, 11) is 0. The van der Waals surface area contributed by atoms with Gasteiger partial charge in [-0.05, 0) is 12.5 Å².